The summed E-state index contributed by atoms with van der Waals surface area (Å²) >= 11 is 0. The lowest BCUT2D eigenvalue weighted by Gasteiger charge is -2.43. The Labute approximate surface area is 98.1 Å². The zero-order valence-electron chi connectivity index (χ0n) is 9.40. The van der Waals surface area contributed by atoms with Gasteiger partial charge >= 0.3 is 11.9 Å². The summed E-state index contributed by atoms with van der Waals surface area (Å²) in [4.78, 5) is 22.5. The Morgan fingerprint density at radius 2 is 1.24 bits per heavy atom. The quantitative estimate of drug-likeness (QED) is 0.455. The Bertz CT molecular complexity index is 329. The van der Waals surface area contributed by atoms with Crippen LogP contribution in [-0.4, -0.2) is 36.7 Å². The van der Waals surface area contributed by atoms with Crippen molar-refractivity contribution < 1.29 is 28.5 Å². The summed E-state index contributed by atoms with van der Waals surface area (Å²) in [6, 6.07) is 0. The Balaban J connectivity index is 1.70. The number of hydrogen-bond donors (Lipinski definition) is 0. The maximum absolute atomic E-state index is 11.3. The van der Waals surface area contributed by atoms with Crippen molar-refractivity contribution in [3.63, 3.8) is 0 Å². The van der Waals surface area contributed by atoms with E-state index in [0.717, 1.165) is 0 Å². The summed E-state index contributed by atoms with van der Waals surface area (Å²) < 4.78 is 21.5. The molecular formula is C11H14O6. The summed E-state index contributed by atoms with van der Waals surface area (Å²) in [6.07, 6.45) is 1.73. The van der Waals surface area contributed by atoms with Crippen molar-refractivity contribution in [2.24, 2.45) is 0 Å². The molecule has 0 aromatic heterocycles. The predicted octanol–water partition coefficient (Wildman–Crippen LogP) is 0.490. The molecule has 2 aliphatic heterocycles. The number of rotatable bonds is 0. The minimum atomic E-state index is -1.08. The minimum absolute atomic E-state index is 0.292. The van der Waals surface area contributed by atoms with Crippen LogP contribution in [0.3, 0.4) is 0 Å². The monoisotopic (exact) mass is 242 g/mol. The van der Waals surface area contributed by atoms with Gasteiger partial charge in [0.15, 0.2) is 5.79 Å². The molecule has 0 N–H and O–H groups in total. The van der Waals surface area contributed by atoms with Crippen molar-refractivity contribution in [3.8, 4) is 0 Å². The fourth-order valence-corrected chi connectivity index (χ4v) is 2.63. The highest BCUT2D eigenvalue weighted by Crippen LogP contribution is 2.43. The van der Waals surface area contributed by atoms with E-state index in [2.05, 4.69) is 0 Å². The van der Waals surface area contributed by atoms with Crippen molar-refractivity contribution in [1.82, 2.24) is 0 Å². The van der Waals surface area contributed by atoms with E-state index >= 15 is 0 Å². The molecule has 2 spiro atoms. The second kappa shape index (κ2) is 3.68. The number of carbonyl (C=O) groups is 2. The molecule has 1 aliphatic carbocycles. The minimum Gasteiger partial charge on any atom is -0.422 e. The van der Waals surface area contributed by atoms with Crippen LogP contribution in [0.25, 0.3) is 0 Å². The lowest BCUT2D eigenvalue weighted by molar-refractivity contribution is -0.282. The highest BCUT2D eigenvalue weighted by molar-refractivity contribution is 5.93. The van der Waals surface area contributed by atoms with Crippen LogP contribution in [0.2, 0.25) is 0 Å². The van der Waals surface area contributed by atoms with Crippen molar-refractivity contribution in [2.75, 3.05) is 13.2 Å². The van der Waals surface area contributed by atoms with Crippen molar-refractivity contribution in [1.29, 1.82) is 0 Å². The fraction of sp³-hybridized carbons (Fsp3) is 0.818. The molecule has 94 valence electrons. The van der Waals surface area contributed by atoms with Crippen LogP contribution in [0.15, 0.2) is 0 Å². The fourth-order valence-electron chi connectivity index (χ4n) is 2.63. The van der Waals surface area contributed by atoms with Crippen LogP contribution in [0.5, 0.6) is 0 Å². The van der Waals surface area contributed by atoms with E-state index in [9.17, 15) is 9.59 Å². The summed E-state index contributed by atoms with van der Waals surface area (Å²) in [5.41, 5.74) is 0. The molecule has 0 bridgehead atoms. The molecule has 6 nitrogen and oxygen atoms in total. The Morgan fingerprint density at radius 1 is 0.765 bits per heavy atom. The molecule has 17 heavy (non-hydrogen) atoms. The normalized spacial score (nSPS) is 30.4. The Hall–Kier alpha value is -1.14. The van der Waals surface area contributed by atoms with Gasteiger partial charge in [0.05, 0.1) is 13.2 Å². The van der Waals surface area contributed by atoms with Gasteiger partial charge in [0.2, 0.25) is 0 Å². The maximum Gasteiger partial charge on any atom is 0.320 e. The van der Waals surface area contributed by atoms with Gasteiger partial charge in [-0.3, -0.25) is 9.59 Å². The molecule has 3 rings (SSSR count). The Kier molecular flexibility index (Phi) is 2.38. The van der Waals surface area contributed by atoms with E-state index in [0.29, 0.717) is 38.9 Å². The van der Waals surface area contributed by atoms with Crippen molar-refractivity contribution in [2.45, 2.75) is 43.7 Å². The third-order valence-corrected chi connectivity index (χ3v) is 3.48. The van der Waals surface area contributed by atoms with Crippen LogP contribution in [0, 0.1) is 0 Å². The summed E-state index contributed by atoms with van der Waals surface area (Å²) in [6.45, 7) is 1.18. The van der Waals surface area contributed by atoms with Crippen LogP contribution in [0.1, 0.15) is 32.1 Å². The van der Waals surface area contributed by atoms with E-state index in [1.807, 2.05) is 0 Å². The first-order valence-electron chi connectivity index (χ1n) is 5.83. The first kappa shape index (κ1) is 11.0. The average molecular weight is 242 g/mol. The lowest BCUT2D eigenvalue weighted by Crippen LogP contribution is -2.51. The second-order valence-electron chi connectivity index (χ2n) is 4.64. The molecule has 0 atom stereocenters. The molecule has 2 saturated heterocycles. The molecule has 0 aromatic rings. The molecule has 2 heterocycles. The van der Waals surface area contributed by atoms with Crippen LogP contribution in [-0.2, 0) is 28.5 Å². The third-order valence-electron chi connectivity index (χ3n) is 3.48. The molecule has 1 saturated carbocycles. The highest BCUT2D eigenvalue weighted by Gasteiger charge is 2.52. The van der Waals surface area contributed by atoms with Crippen molar-refractivity contribution in [3.05, 3.63) is 0 Å². The zero-order valence-corrected chi connectivity index (χ0v) is 9.40. The van der Waals surface area contributed by atoms with E-state index < -0.39 is 23.5 Å². The van der Waals surface area contributed by atoms with Gasteiger partial charge in [-0.25, -0.2) is 0 Å². The first-order valence-corrected chi connectivity index (χ1v) is 5.83. The van der Waals surface area contributed by atoms with Gasteiger partial charge in [-0.1, -0.05) is 0 Å². The van der Waals surface area contributed by atoms with Gasteiger partial charge in [-0.15, -0.1) is 0 Å². The topological polar surface area (TPSA) is 71.1 Å². The Morgan fingerprint density at radius 3 is 1.76 bits per heavy atom. The van der Waals surface area contributed by atoms with Gasteiger partial charge in [-0.05, 0) is 0 Å². The number of carbonyl (C=O) groups excluding carboxylic acids is 2. The number of ether oxygens (including phenoxy) is 4. The van der Waals surface area contributed by atoms with E-state index in [4.69, 9.17) is 18.9 Å². The predicted molar refractivity (Wildman–Crippen MR) is 52.6 cm³/mol. The largest absolute Gasteiger partial charge is 0.422 e. The van der Waals surface area contributed by atoms with Gasteiger partial charge in [0.25, 0.3) is 5.79 Å². The van der Waals surface area contributed by atoms with Gasteiger partial charge in [-0.2, -0.15) is 0 Å². The van der Waals surface area contributed by atoms with E-state index in [1.54, 1.807) is 0 Å². The van der Waals surface area contributed by atoms with Gasteiger partial charge in [0, 0.05) is 25.7 Å². The van der Waals surface area contributed by atoms with Gasteiger partial charge in [0.1, 0.15) is 6.42 Å². The summed E-state index contributed by atoms with van der Waals surface area (Å²) in [5.74, 6) is -2.65. The van der Waals surface area contributed by atoms with Gasteiger partial charge < -0.3 is 18.9 Å². The highest BCUT2D eigenvalue weighted by atomic mass is 16.8. The molecule has 0 amide bonds. The van der Waals surface area contributed by atoms with E-state index in [-0.39, 0.29) is 6.42 Å². The standard InChI is InChI=1S/C11H14O6/c12-8-7-9(13)17-11(16-8)3-1-10(2-4-11)14-5-6-15-10/h1-7H2. The molecule has 3 fully saturated rings. The molecule has 6 heteroatoms. The van der Waals surface area contributed by atoms with Crippen LogP contribution < -0.4 is 0 Å². The summed E-state index contributed by atoms with van der Waals surface area (Å²) in [5, 5.41) is 0. The van der Waals surface area contributed by atoms with Crippen LogP contribution >= 0.6 is 0 Å². The molecule has 3 aliphatic rings. The summed E-state index contributed by atoms with van der Waals surface area (Å²) in [7, 11) is 0. The van der Waals surface area contributed by atoms with Crippen LogP contribution in [0.4, 0.5) is 0 Å². The SMILES string of the molecule is O=C1CC(=O)OC2(CCC3(CC2)OCCO3)O1. The molecule has 0 radical (unpaired) electrons. The lowest BCUT2D eigenvalue weighted by atomic mass is 9.88. The maximum atomic E-state index is 11.3. The third kappa shape index (κ3) is 1.91. The molecular weight excluding hydrogens is 228 g/mol. The molecule has 0 unspecified atom stereocenters. The smallest absolute Gasteiger partial charge is 0.320 e. The first-order chi connectivity index (χ1) is 8.12. The zero-order chi connectivity index (χ0) is 11.9. The van der Waals surface area contributed by atoms with E-state index in [1.165, 1.54) is 0 Å². The average Bonchev–Trinajstić information content (AvgIpc) is 2.71. The number of esters is 2. The molecule has 0 aromatic carbocycles. The number of hydrogen-bond acceptors (Lipinski definition) is 6. The second-order valence-corrected chi connectivity index (χ2v) is 4.64. The van der Waals surface area contributed by atoms with Crippen molar-refractivity contribution >= 4 is 11.9 Å².